The highest BCUT2D eigenvalue weighted by Gasteiger charge is 2.56. The van der Waals surface area contributed by atoms with Crippen LogP contribution >= 0.6 is 0 Å². The molecule has 0 aromatic heterocycles. The zero-order valence-electron chi connectivity index (χ0n) is 11.8. The maximum atomic E-state index is 12.5. The molecule has 0 radical (unpaired) electrons. The number of nitrogens with two attached hydrogens (primary N) is 1. The molecule has 1 aliphatic heterocycles. The van der Waals surface area contributed by atoms with Crippen LogP contribution in [-0.4, -0.2) is 24.4 Å². The van der Waals surface area contributed by atoms with Crippen molar-refractivity contribution in [3.63, 3.8) is 0 Å². The third-order valence-corrected chi connectivity index (χ3v) is 3.27. The van der Waals surface area contributed by atoms with Crippen molar-refractivity contribution in [3.05, 3.63) is 35.4 Å². The summed E-state index contributed by atoms with van der Waals surface area (Å²) in [6, 6.07) is 8.81. The van der Waals surface area contributed by atoms with Crippen LogP contribution in [-0.2, 0) is 19.7 Å². The quantitative estimate of drug-likeness (QED) is 0.825. The molecule has 5 heteroatoms. The second-order valence-electron chi connectivity index (χ2n) is 5.89. The predicted octanol–water partition coefficient (Wildman–Crippen LogP) is 1.45. The number of nitrogens with zero attached hydrogens (tertiary/aromatic N) is 1. The molecule has 1 aliphatic rings. The molecule has 20 heavy (non-hydrogen) atoms. The minimum atomic E-state index is -0.985. The molecule has 0 aliphatic carbocycles. The Labute approximate surface area is 118 Å². The van der Waals surface area contributed by atoms with Gasteiger partial charge in [-0.05, 0) is 38.5 Å². The maximum Gasteiger partial charge on any atom is 0.323 e. The summed E-state index contributed by atoms with van der Waals surface area (Å²) in [5.74, 6) is -0.395. The van der Waals surface area contributed by atoms with Crippen LogP contribution in [0.3, 0.4) is 0 Å². The van der Waals surface area contributed by atoms with Gasteiger partial charge < -0.3 is 15.2 Å². The molecule has 0 amide bonds. The molecule has 1 saturated heterocycles. The zero-order chi connectivity index (χ0) is 15.0. The van der Waals surface area contributed by atoms with E-state index in [-0.39, 0.29) is 6.61 Å². The van der Waals surface area contributed by atoms with Crippen LogP contribution in [0, 0.1) is 11.3 Å². The van der Waals surface area contributed by atoms with Gasteiger partial charge in [-0.25, -0.2) is 0 Å². The van der Waals surface area contributed by atoms with Crippen molar-refractivity contribution >= 4 is 5.97 Å². The van der Waals surface area contributed by atoms with Gasteiger partial charge in [0.1, 0.15) is 11.8 Å². The number of rotatable bonds is 2. The largest absolute Gasteiger partial charge is 0.459 e. The fraction of sp³-hybridized carbons (Fsp3) is 0.467. The first-order valence-electron chi connectivity index (χ1n) is 6.41. The molecule has 1 aromatic rings. The van der Waals surface area contributed by atoms with Crippen LogP contribution in [0.2, 0.25) is 0 Å². The zero-order valence-corrected chi connectivity index (χ0v) is 11.8. The van der Waals surface area contributed by atoms with Gasteiger partial charge in [-0.15, -0.1) is 0 Å². The molecule has 5 nitrogen and oxygen atoms in total. The number of hydrogen-bond donors (Lipinski definition) is 1. The molecule has 0 spiro atoms. The number of carbonyl (C=O) groups is 1. The van der Waals surface area contributed by atoms with Crippen molar-refractivity contribution in [2.75, 3.05) is 6.61 Å². The Morgan fingerprint density at radius 1 is 1.45 bits per heavy atom. The molecular weight excluding hydrogens is 256 g/mol. The van der Waals surface area contributed by atoms with Crippen molar-refractivity contribution in [2.45, 2.75) is 38.0 Å². The maximum absolute atomic E-state index is 12.5. The summed E-state index contributed by atoms with van der Waals surface area (Å²) in [5, 5.41) is 8.83. The normalized spacial score (nSPS) is 25.4. The molecule has 1 aromatic carbocycles. The molecular formula is C15H18N2O3. The summed E-state index contributed by atoms with van der Waals surface area (Å²) in [5.41, 5.74) is 5.56. The Balaban J connectivity index is 2.35. The van der Waals surface area contributed by atoms with Gasteiger partial charge >= 0.3 is 5.97 Å². The Bertz CT molecular complexity index is 554. The first-order chi connectivity index (χ1) is 9.29. The molecule has 1 heterocycles. The molecule has 2 unspecified atom stereocenters. The molecule has 2 atom stereocenters. The average molecular weight is 274 g/mol. The molecule has 0 bridgehead atoms. The Kier molecular flexibility index (Phi) is 3.55. The number of carbonyl (C=O) groups excluding carboxylic acids is 1. The lowest BCUT2D eigenvalue weighted by molar-refractivity contribution is -0.197. The number of esters is 1. The second kappa shape index (κ2) is 4.89. The number of hydrogen-bond acceptors (Lipinski definition) is 5. The summed E-state index contributed by atoms with van der Waals surface area (Å²) in [6.45, 7) is 5.61. The first kappa shape index (κ1) is 14.5. The van der Waals surface area contributed by atoms with Crippen molar-refractivity contribution in [3.8, 4) is 6.07 Å². The highest BCUT2D eigenvalue weighted by Crippen LogP contribution is 2.38. The van der Waals surface area contributed by atoms with E-state index in [2.05, 4.69) is 0 Å². The number of benzene rings is 1. The predicted molar refractivity (Wildman–Crippen MR) is 72.6 cm³/mol. The van der Waals surface area contributed by atoms with E-state index >= 15 is 0 Å². The van der Waals surface area contributed by atoms with E-state index < -0.39 is 23.2 Å². The van der Waals surface area contributed by atoms with E-state index in [1.54, 1.807) is 24.3 Å². The first-order valence-corrected chi connectivity index (χ1v) is 6.41. The van der Waals surface area contributed by atoms with E-state index in [4.69, 9.17) is 20.5 Å². The number of nitriles is 1. The fourth-order valence-electron chi connectivity index (χ4n) is 2.10. The molecule has 1 fully saturated rings. The highest BCUT2D eigenvalue weighted by molar-refractivity contribution is 5.85. The van der Waals surface area contributed by atoms with Crippen molar-refractivity contribution < 1.29 is 14.3 Å². The lowest BCUT2D eigenvalue weighted by atomic mass is 9.75. The van der Waals surface area contributed by atoms with Crippen LogP contribution in [0.5, 0.6) is 0 Å². The molecule has 0 saturated carbocycles. The topological polar surface area (TPSA) is 85.3 Å². The van der Waals surface area contributed by atoms with Gasteiger partial charge in [0.2, 0.25) is 0 Å². The lowest BCUT2D eigenvalue weighted by Crippen LogP contribution is -2.65. The third kappa shape index (κ3) is 2.40. The smallest absolute Gasteiger partial charge is 0.323 e. The minimum Gasteiger partial charge on any atom is -0.459 e. The fourth-order valence-corrected chi connectivity index (χ4v) is 2.10. The Hall–Kier alpha value is -1.90. The van der Waals surface area contributed by atoms with E-state index in [0.717, 1.165) is 0 Å². The van der Waals surface area contributed by atoms with Crippen LogP contribution < -0.4 is 5.73 Å². The molecule has 2 rings (SSSR count). The number of ether oxygens (including phenoxy) is 2. The summed E-state index contributed by atoms with van der Waals surface area (Å²) in [6.07, 6.45) is -0.731. The van der Waals surface area contributed by atoms with Gasteiger partial charge in [-0.2, -0.15) is 5.26 Å². The van der Waals surface area contributed by atoms with E-state index in [1.807, 2.05) is 26.8 Å². The summed E-state index contributed by atoms with van der Waals surface area (Å²) >= 11 is 0. The summed E-state index contributed by atoms with van der Waals surface area (Å²) in [4.78, 5) is 12.5. The van der Waals surface area contributed by atoms with Gasteiger partial charge in [0, 0.05) is 0 Å². The molecule has 2 N–H and O–H groups in total. The minimum absolute atomic E-state index is 0.189. The van der Waals surface area contributed by atoms with E-state index in [0.29, 0.717) is 11.1 Å². The third-order valence-electron chi connectivity index (χ3n) is 3.27. The molecule has 106 valence electrons. The highest BCUT2D eigenvalue weighted by atomic mass is 16.6. The van der Waals surface area contributed by atoms with Crippen molar-refractivity contribution in [2.24, 2.45) is 5.73 Å². The Morgan fingerprint density at radius 3 is 2.40 bits per heavy atom. The van der Waals surface area contributed by atoms with Crippen molar-refractivity contribution in [1.29, 1.82) is 5.26 Å². The summed E-state index contributed by atoms with van der Waals surface area (Å²) in [7, 11) is 0. The van der Waals surface area contributed by atoms with Gasteiger partial charge in [0.25, 0.3) is 0 Å². The lowest BCUT2D eigenvalue weighted by Gasteiger charge is -2.46. The second-order valence-corrected chi connectivity index (χ2v) is 5.89. The van der Waals surface area contributed by atoms with Gasteiger partial charge in [-0.1, -0.05) is 12.1 Å². The van der Waals surface area contributed by atoms with E-state index in [1.165, 1.54) is 0 Å². The van der Waals surface area contributed by atoms with Crippen LogP contribution in [0.25, 0.3) is 0 Å². The van der Waals surface area contributed by atoms with E-state index in [9.17, 15) is 4.79 Å². The van der Waals surface area contributed by atoms with Crippen LogP contribution in [0.1, 0.15) is 31.9 Å². The SMILES string of the molecule is CC(C)(C)OC(=O)C1(c2ccc(C#N)cc2)COC1N. The standard InChI is InChI=1S/C15H18N2O3/c1-14(2,3)20-13(18)15(9-19-12(15)17)11-6-4-10(8-16)5-7-11/h4-7,12H,9,17H2,1-3H3. The van der Waals surface area contributed by atoms with Gasteiger partial charge in [-0.3, -0.25) is 4.79 Å². The summed E-state index contributed by atoms with van der Waals surface area (Å²) < 4.78 is 10.7. The van der Waals surface area contributed by atoms with Gasteiger partial charge in [0.05, 0.1) is 18.2 Å². The Morgan fingerprint density at radius 2 is 2.05 bits per heavy atom. The van der Waals surface area contributed by atoms with Gasteiger partial charge in [0.15, 0.2) is 5.41 Å². The van der Waals surface area contributed by atoms with Crippen LogP contribution in [0.15, 0.2) is 24.3 Å². The van der Waals surface area contributed by atoms with Crippen molar-refractivity contribution in [1.82, 2.24) is 0 Å². The van der Waals surface area contributed by atoms with Crippen LogP contribution in [0.4, 0.5) is 0 Å². The monoisotopic (exact) mass is 274 g/mol. The average Bonchev–Trinajstić information content (AvgIpc) is 2.36.